The molecular formula is C18H20N2O4. The second-order valence-electron chi connectivity index (χ2n) is 5.14. The number of aromatic hydroxyl groups is 1. The largest absolute Gasteiger partial charge is 0.508 e. The minimum absolute atomic E-state index is 0.0907. The van der Waals surface area contributed by atoms with Gasteiger partial charge in [0, 0.05) is 6.54 Å². The minimum atomic E-state index is -0.354. The zero-order valence-electron chi connectivity index (χ0n) is 13.2. The maximum Gasteiger partial charge on any atom is 0.258 e. The third kappa shape index (κ3) is 6.39. The number of carbonyl (C=O) groups is 2. The van der Waals surface area contributed by atoms with Crippen molar-refractivity contribution < 1.29 is 19.4 Å². The van der Waals surface area contributed by atoms with Crippen LogP contribution in [0.15, 0.2) is 54.6 Å². The average Bonchev–Trinajstić information content (AvgIpc) is 2.61. The molecule has 0 aliphatic rings. The fourth-order valence-corrected chi connectivity index (χ4v) is 1.97. The third-order valence-electron chi connectivity index (χ3n) is 3.23. The zero-order chi connectivity index (χ0) is 17.2. The maximum atomic E-state index is 11.7. The first-order valence-electron chi connectivity index (χ1n) is 7.62. The van der Waals surface area contributed by atoms with Gasteiger partial charge < -0.3 is 20.5 Å². The van der Waals surface area contributed by atoms with Crippen LogP contribution in [-0.2, 0) is 16.0 Å². The second kappa shape index (κ2) is 9.19. The van der Waals surface area contributed by atoms with Crippen molar-refractivity contribution in [3.63, 3.8) is 0 Å². The molecule has 126 valence electrons. The summed E-state index contributed by atoms with van der Waals surface area (Å²) in [7, 11) is 0. The van der Waals surface area contributed by atoms with Gasteiger partial charge in [0.25, 0.3) is 5.91 Å². The monoisotopic (exact) mass is 328 g/mol. The van der Waals surface area contributed by atoms with Gasteiger partial charge in [-0.2, -0.15) is 0 Å². The van der Waals surface area contributed by atoms with Crippen LogP contribution in [-0.4, -0.2) is 36.6 Å². The Labute approximate surface area is 140 Å². The van der Waals surface area contributed by atoms with Gasteiger partial charge in [-0.3, -0.25) is 9.59 Å². The number of nitrogens with one attached hydrogen (secondary N) is 2. The van der Waals surface area contributed by atoms with Crippen molar-refractivity contribution in [2.45, 2.75) is 6.42 Å². The summed E-state index contributed by atoms with van der Waals surface area (Å²) >= 11 is 0. The summed E-state index contributed by atoms with van der Waals surface area (Å²) in [6.07, 6.45) is 0.650. The summed E-state index contributed by atoms with van der Waals surface area (Å²) in [4.78, 5) is 23.3. The topological polar surface area (TPSA) is 87.7 Å². The number of phenolic OH excluding ortho intramolecular Hbond substituents is 1. The van der Waals surface area contributed by atoms with Gasteiger partial charge in [-0.05, 0) is 36.2 Å². The van der Waals surface area contributed by atoms with E-state index in [9.17, 15) is 14.7 Å². The molecule has 0 fully saturated rings. The minimum Gasteiger partial charge on any atom is -0.508 e. The van der Waals surface area contributed by atoms with Gasteiger partial charge in [-0.25, -0.2) is 0 Å². The Kier molecular flexibility index (Phi) is 6.64. The summed E-state index contributed by atoms with van der Waals surface area (Å²) in [5.41, 5.74) is 1.01. The van der Waals surface area contributed by atoms with Gasteiger partial charge in [0.1, 0.15) is 11.5 Å². The Morgan fingerprint density at radius 2 is 1.62 bits per heavy atom. The van der Waals surface area contributed by atoms with Gasteiger partial charge in [0.05, 0.1) is 6.54 Å². The molecule has 0 saturated heterocycles. The van der Waals surface area contributed by atoms with Gasteiger partial charge >= 0.3 is 0 Å². The van der Waals surface area contributed by atoms with Crippen molar-refractivity contribution in [2.24, 2.45) is 0 Å². The Morgan fingerprint density at radius 1 is 0.917 bits per heavy atom. The molecule has 0 aromatic heterocycles. The zero-order valence-corrected chi connectivity index (χ0v) is 13.2. The molecule has 2 amide bonds. The third-order valence-corrected chi connectivity index (χ3v) is 3.23. The van der Waals surface area contributed by atoms with Crippen LogP contribution in [0.5, 0.6) is 11.5 Å². The summed E-state index contributed by atoms with van der Waals surface area (Å²) in [6, 6.07) is 15.8. The summed E-state index contributed by atoms with van der Waals surface area (Å²) in [5.74, 6) is 0.198. The lowest BCUT2D eigenvalue weighted by Crippen LogP contribution is -2.39. The van der Waals surface area contributed by atoms with Crippen molar-refractivity contribution in [3.8, 4) is 11.5 Å². The molecule has 0 heterocycles. The Balaban J connectivity index is 1.58. The van der Waals surface area contributed by atoms with Crippen LogP contribution < -0.4 is 15.4 Å². The molecule has 0 radical (unpaired) electrons. The van der Waals surface area contributed by atoms with Crippen LogP contribution in [0.4, 0.5) is 0 Å². The molecule has 0 aliphatic carbocycles. The molecule has 6 nitrogen and oxygen atoms in total. The first-order valence-corrected chi connectivity index (χ1v) is 7.62. The molecule has 0 atom stereocenters. The normalized spacial score (nSPS) is 10.0. The molecule has 0 saturated carbocycles. The highest BCUT2D eigenvalue weighted by Gasteiger charge is 2.06. The first-order chi connectivity index (χ1) is 11.6. The first kappa shape index (κ1) is 17.3. The van der Waals surface area contributed by atoms with E-state index in [0.29, 0.717) is 18.7 Å². The van der Waals surface area contributed by atoms with Crippen molar-refractivity contribution in [3.05, 3.63) is 60.2 Å². The molecule has 2 aromatic rings. The standard InChI is InChI=1S/C18H20N2O4/c21-15-8-6-14(7-9-15)10-11-19-17(22)12-20-18(23)13-24-16-4-2-1-3-5-16/h1-9,21H,10-13H2,(H,19,22)(H,20,23). The van der Waals surface area contributed by atoms with Gasteiger partial charge in [0.15, 0.2) is 6.61 Å². The van der Waals surface area contributed by atoms with Crippen molar-refractivity contribution >= 4 is 11.8 Å². The molecule has 6 heteroatoms. The van der Waals surface area contributed by atoms with Crippen LogP contribution in [0.3, 0.4) is 0 Å². The summed E-state index contributed by atoms with van der Waals surface area (Å²) < 4.78 is 5.28. The Morgan fingerprint density at radius 3 is 2.33 bits per heavy atom. The van der Waals surface area contributed by atoms with Crippen molar-refractivity contribution in [2.75, 3.05) is 19.7 Å². The number of phenols is 1. The van der Waals surface area contributed by atoms with Gasteiger partial charge in [-0.15, -0.1) is 0 Å². The fourth-order valence-electron chi connectivity index (χ4n) is 1.97. The number of hydrogen-bond donors (Lipinski definition) is 3. The van der Waals surface area contributed by atoms with E-state index in [1.807, 2.05) is 18.2 Å². The average molecular weight is 328 g/mol. The molecular weight excluding hydrogens is 308 g/mol. The number of amides is 2. The predicted molar refractivity (Wildman–Crippen MR) is 89.8 cm³/mol. The second-order valence-corrected chi connectivity index (χ2v) is 5.14. The smallest absolute Gasteiger partial charge is 0.258 e. The highest BCUT2D eigenvalue weighted by molar-refractivity contribution is 5.85. The summed E-state index contributed by atoms with van der Waals surface area (Å²) in [5, 5.41) is 14.4. The van der Waals surface area contributed by atoms with Gasteiger partial charge in [0.2, 0.25) is 5.91 Å². The molecule has 0 spiro atoms. The lowest BCUT2D eigenvalue weighted by Gasteiger charge is -2.08. The van der Waals surface area contributed by atoms with Crippen LogP contribution in [0.25, 0.3) is 0 Å². The van der Waals surface area contributed by atoms with E-state index in [1.165, 1.54) is 0 Å². The van der Waals surface area contributed by atoms with Crippen LogP contribution in [0.1, 0.15) is 5.56 Å². The highest BCUT2D eigenvalue weighted by atomic mass is 16.5. The predicted octanol–water partition coefficient (Wildman–Crippen LogP) is 1.25. The number of rotatable bonds is 8. The van der Waals surface area contributed by atoms with E-state index in [4.69, 9.17) is 4.74 Å². The molecule has 0 unspecified atom stereocenters. The number of ether oxygens (including phenoxy) is 1. The molecule has 2 aromatic carbocycles. The van der Waals surface area contributed by atoms with Crippen molar-refractivity contribution in [1.82, 2.24) is 10.6 Å². The van der Waals surface area contributed by atoms with E-state index in [0.717, 1.165) is 5.56 Å². The van der Waals surface area contributed by atoms with E-state index in [1.54, 1.807) is 36.4 Å². The molecule has 0 aliphatic heterocycles. The molecule has 2 rings (SSSR count). The fraction of sp³-hybridized carbons (Fsp3) is 0.222. The van der Waals surface area contributed by atoms with Crippen LogP contribution >= 0.6 is 0 Å². The number of benzene rings is 2. The SMILES string of the molecule is O=C(CNC(=O)COc1ccccc1)NCCc1ccc(O)cc1. The highest BCUT2D eigenvalue weighted by Crippen LogP contribution is 2.09. The lowest BCUT2D eigenvalue weighted by atomic mass is 10.1. The molecule has 0 bridgehead atoms. The quantitative estimate of drug-likeness (QED) is 0.680. The number of hydrogen-bond acceptors (Lipinski definition) is 4. The molecule has 24 heavy (non-hydrogen) atoms. The lowest BCUT2D eigenvalue weighted by molar-refractivity contribution is -0.127. The van der Waals surface area contributed by atoms with Crippen LogP contribution in [0, 0.1) is 0 Å². The summed E-state index contributed by atoms with van der Waals surface area (Å²) in [6.45, 7) is 0.233. The van der Waals surface area contributed by atoms with E-state index < -0.39 is 0 Å². The number of carbonyl (C=O) groups excluding carboxylic acids is 2. The van der Waals surface area contributed by atoms with E-state index >= 15 is 0 Å². The van der Waals surface area contributed by atoms with Crippen molar-refractivity contribution in [1.29, 1.82) is 0 Å². The Hall–Kier alpha value is -3.02. The Bertz CT molecular complexity index is 656. The van der Waals surface area contributed by atoms with Gasteiger partial charge in [-0.1, -0.05) is 30.3 Å². The maximum absolute atomic E-state index is 11.7. The van der Waals surface area contributed by atoms with E-state index in [2.05, 4.69) is 10.6 Å². The van der Waals surface area contributed by atoms with Crippen LogP contribution in [0.2, 0.25) is 0 Å². The van der Waals surface area contributed by atoms with E-state index in [-0.39, 0.29) is 30.7 Å². The molecule has 3 N–H and O–H groups in total. The number of para-hydroxylation sites is 1.